The minimum absolute atomic E-state index is 0.133. The molecule has 0 aliphatic heterocycles. The number of para-hydroxylation sites is 2. The quantitative estimate of drug-likeness (QED) is 0.678. The summed E-state index contributed by atoms with van der Waals surface area (Å²) in [5.74, 6) is -0.993. The number of ether oxygens (including phenoxy) is 1. The highest BCUT2D eigenvalue weighted by Crippen LogP contribution is 2.22. The van der Waals surface area contributed by atoms with Gasteiger partial charge in [0.2, 0.25) is 0 Å². The average molecular weight is 385 g/mol. The lowest BCUT2D eigenvalue weighted by Crippen LogP contribution is -2.17. The predicted octanol–water partition coefficient (Wildman–Crippen LogP) is 3.66. The number of halogens is 1. The van der Waals surface area contributed by atoms with Gasteiger partial charge in [-0.3, -0.25) is 4.79 Å². The number of benzene rings is 2. The maximum atomic E-state index is 12.7. The second kappa shape index (κ2) is 8.01. The van der Waals surface area contributed by atoms with Gasteiger partial charge in [-0.1, -0.05) is 41.1 Å². The molecule has 0 unspecified atom stereocenters. The van der Waals surface area contributed by atoms with Crippen molar-refractivity contribution < 1.29 is 14.3 Å². The van der Waals surface area contributed by atoms with E-state index in [0.717, 1.165) is 0 Å². The van der Waals surface area contributed by atoms with Crippen LogP contribution in [0, 0.1) is 6.92 Å². The van der Waals surface area contributed by atoms with Crippen molar-refractivity contribution >= 4 is 29.2 Å². The third kappa shape index (κ3) is 3.83. The lowest BCUT2D eigenvalue weighted by atomic mass is 10.1. The van der Waals surface area contributed by atoms with E-state index in [9.17, 15) is 9.59 Å². The summed E-state index contributed by atoms with van der Waals surface area (Å²) in [5, 5.41) is 11.2. The molecular formula is C19H17ClN4O3. The maximum absolute atomic E-state index is 12.7. The monoisotopic (exact) mass is 384 g/mol. The number of hydrogen-bond acceptors (Lipinski definition) is 5. The van der Waals surface area contributed by atoms with Gasteiger partial charge < -0.3 is 10.1 Å². The van der Waals surface area contributed by atoms with E-state index in [0.29, 0.717) is 22.1 Å². The van der Waals surface area contributed by atoms with Crippen LogP contribution < -0.4 is 5.32 Å². The summed E-state index contributed by atoms with van der Waals surface area (Å²) in [5.41, 5.74) is 1.88. The molecule has 0 radical (unpaired) electrons. The standard InChI is InChI=1S/C19H17ClN4O3/c1-3-27-19(26)13-8-4-6-10-15(13)21-18(25)17-12(2)24(23-22-17)16-11-7-5-9-14(16)20/h4-11H,3H2,1-2H3,(H,21,25). The molecule has 0 saturated heterocycles. The predicted molar refractivity (Wildman–Crippen MR) is 101 cm³/mol. The van der Waals surface area contributed by atoms with Crippen molar-refractivity contribution in [1.29, 1.82) is 0 Å². The Bertz CT molecular complexity index is 1000. The molecule has 27 heavy (non-hydrogen) atoms. The van der Waals surface area contributed by atoms with Gasteiger partial charge in [0, 0.05) is 0 Å². The zero-order chi connectivity index (χ0) is 19.4. The summed E-state index contributed by atoms with van der Waals surface area (Å²) in [6, 6.07) is 13.7. The summed E-state index contributed by atoms with van der Waals surface area (Å²) in [6.45, 7) is 3.68. The van der Waals surface area contributed by atoms with Gasteiger partial charge in [0.1, 0.15) is 0 Å². The first-order valence-electron chi connectivity index (χ1n) is 8.27. The molecule has 0 bridgehead atoms. The molecule has 0 fully saturated rings. The van der Waals surface area contributed by atoms with Crippen LogP contribution >= 0.6 is 11.6 Å². The lowest BCUT2D eigenvalue weighted by Gasteiger charge is -2.10. The Labute approximate surface area is 160 Å². The lowest BCUT2D eigenvalue weighted by molar-refractivity contribution is 0.0527. The third-order valence-electron chi connectivity index (χ3n) is 3.86. The Kier molecular flexibility index (Phi) is 5.52. The van der Waals surface area contributed by atoms with Crippen LogP contribution in [0.3, 0.4) is 0 Å². The van der Waals surface area contributed by atoms with Gasteiger partial charge in [0.05, 0.1) is 34.3 Å². The van der Waals surface area contributed by atoms with E-state index >= 15 is 0 Å². The van der Waals surface area contributed by atoms with Crippen LogP contribution in [0.2, 0.25) is 5.02 Å². The number of carbonyl (C=O) groups is 2. The van der Waals surface area contributed by atoms with Crippen LogP contribution in [0.5, 0.6) is 0 Å². The highest BCUT2D eigenvalue weighted by atomic mass is 35.5. The molecule has 1 N–H and O–H groups in total. The number of rotatable bonds is 5. The highest BCUT2D eigenvalue weighted by molar-refractivity contribution is 6.32. The topological polar surface area (TPSA) is 86.1 Å². The normalized spacial score (nSPS) is 10.5. The van der Waals surface area contributed by atoms with Crippen molar-refractivity contribution in [2.75, 3.05) is 11.9 Å². The van der Waals surface area contributed by atoms with Gasteiger partial charge in [0.25, 0.3) is 5.91 Å². The van der Waals surface area contributed by atoms with Crippen molar-refractivity contribution in [3.8, 4) is 5.69 Å². The van der Waals surface area contributed by atoms with Crippen LogP contribution in [0.25, 0.3) is 5.69 Å². The van der Waals surface area contributed by atoms with Gasteiger partial charge in [-0.05, 0) is 38.1 Å². The number of aromatic nitrogens is 3. The molecular weight excluding hydrogens is 368 g/mol. The van der Waals surface area contributed by atoms with Crippen molar-refractivity contribution in [2.24, 2.45) is 0 Å². The molecule has 0 aliphatic carbocycles. The minimum atomic E-state index is -0.509. The number of anilines is 1. The largest absolute Gasteiger partial charge is 0.462 e. The summed E-state index contributed by atoms with van der Waals surface area (Å²) in [4.78, 5) is 24.7. The first-order chi connectivity index (χ1) is 13.0. The zero-order valence-corrected chi connectivity index (χ0v) is 15.5. The van der Waals surface area contributed by atoms with E-state index in [1.54, 1.807) is 56.3 Å². The molecule has 0 spiro atoms. The third-order valence-corrected chi connectivity index (χ3v) is 4.18. The van der Waals surface area contributed by atoms with E-state index in [2.05, 4.69) is 15.6 Å². The fourth-order valence-corrected chi connectivity index (χ4v) is 2.77. The van der Waals surface area contributed by atoms with Gasteiger partial charge in [-0.25, -0.2) is 9.48 Å². The molecule has 3 rings (SSSR count). The van der Waals surface area contributed by atoms with Crippen LogP contribution in [-0.4, -0.2) is 33.5 Å². The van der Waals surface area contributed by atoms with Gasteiger partial charge >= 0.3 is 5.97 Å². The molecule has 1 amide bonds. The SMILES string of the molecule is CCOC(=O)c1ccccc1NC(=O)c1nnn(-c2ccccc2Cl)c1C. The number of carbonyl (C=O) groups excluding carboxylic acids is 2. The number of nitrogens with zero attached hydrogens (tertiary/aromatic N) is 3. The molecule has 8 heteroatoms. The Hall–Kier alpha value is -3.19. The Morgan fingerprint density at radius 1 is 1.15 bits per heavy atom. The average Bonchev–Trinajstić information content (AvgIpc) is 3.04. The van der Waals surface area contributed by atoms with Crippen LogP contribution in [0.4, 0.5) is 5.69 Å². The van der Waals surface area contributed by atoms with Gasteiger partial charge in [0.15, 0.2) is 5.69 Å². The smallest absolute Gasteiger partial charge is 0.340 e. The van der Waals surface area contributed by atoms with E-state index < -0.39 is 11.9 Å². The fourth-order valence-electron chi connectivity index (χ4n) is 2.55. The number of amides is 1. The molecule has 1 aromatic heterocycles. The molecule has 3 aromatic rings. The number of hydrogen-bond donors (Lipinski definition) is 1. The molecule has 138 valence electrons. The van der Waals surface area contributed by atoms with Crippen molar-refractivity contribution in [2.45, 2.75) is 13.8 Å². The number of esters is 1. The van der Waals surface area contributed by atoms with E-state index in [1.165, 1.54) is 4.68 Å². The zero-order valence-electron chi connectivity index (χ0n) is 14.8. The first-order valence-corrected chi connectivity index (χ1v) is 8.65. The molecule has 1 heterocycles. The van der Waals surface area contributed by atoms with Crippen LogP contribution in [0.15, 0.2) is 48.5 Å². The van der Waals surface area contributed by atoms with E-state index in [4.69, 9.17) is 16.3 Å². The van der Waals surface area contributed by atoms with E-state index in [1.807, 2.05) is 6.07 Å². The maximum Gasteiger partial charge on any atom is 0.340 e. The van der Waals surface area contributed by atoms with Crippen LogP contribution in [0.1, 0.15) is 33.5 Å². The summed E-state index contributed by atoms with van der Waals surface area (Å²) in [6.07, 6.45) is 0. The summed E-state index contributed by atoms with van der Waals surface area (Å²) < 4.78 is 6.51. The number of nitrogens with one attached hydrogen (secondary N) is 1. The summed E-state index contributed by atoms with van der Waals surface area (Å²) >= 11 is 6.19. The van der Waals surface area contributed by atoms with Crippen LogP contribution in [-0.2, 0) is 4.74 Å². The molecule has 7 nitrogen and oxygen atoms in total. The van der Waals surface area contributed by atoms with Gasteiger partial charge in [-0.2, -0.15) is 0 Å². The molecule has 2 aromatic carbocycles. The molecule has 0 atom stereocenters. The van der Waals surface area contributed by atoms with Crippen molar-refractivity contribution in [3.05, 3.63) is 70.5 Å². The Morgan fingerprint density at radius 3 is 2.59 bits per heavy atom. The van der Waals surface area contributed by atoms with Crippen molar-refractivity contribution in [3.63, 3.8) is 0 Å². The van der Waals surface area contributed by atoms with E-state index in [-0.39, 0.29) is 17.9 Å². The first kappa shape index (κ1) is 18.6. The summed E-state index contributed by atoms with van der Waals surface area (Å²) in [7, 11) is 0. The fraction of sp³-hybridized carbons (Fsp3) is 0.158. The second-order valence-electron chi connectivity index (χ2n) is 5.61. The molecule has 0 saturated carbocycles. The Balaban J connectivity index is 1.89. The minimum Gasteiger partial charge on any atom is -0.462 e. The highest BCUT2D eigenvalue weighted by Gasteiger charge is 2.21. The Morgan fingerprint density at radius 2 is 1.85 bits per heavy atom. The van der Waals surface area contributed by atoms with Gasteiger partial charge in [-0.15, -0.1) is 5.10 Å². The van der Waals surface area contributed by atoms with Crippen molar-refractivity contribution in [1.82, 2.24) is 15.0 Å². The molecule has 0 aliphatic rings. The second-order valence-corrected chi connectivity index (χ2v) is 6.01.